The minimum atomic E-state index is 0.336. The van der Waals surface area contributed by atoms with Gasteiger partial charge >= 0.3 is 0 Å². The van der Waals surface area contributed by atoms with Gasteiger partial charge in [0.15, 0.2) is 0 Å². The fourth-order valence-corrected chi connectivity index (χ4v) is 3.10. The van der Waals surface area contributed by atoms with Crippen LogP contribution in [0.25, 0.3) is 10.9 Å². The van der Waals surface area contributed by atoms with Crippen LogP contribution in [0.5, 0.6) is 0 Å². The van der Waals surface area contributed by atoms with Crippen LogP contribution in [-0.4, -0.2) is 30.8 Å². The van der Waals surface area contributed by atoms with E-state index in [2.05, 4.69) is 35.0 Å². The van der Waals surface area contributed by atoms with Crippen LogP contribution in [0.2, 0.25) is 0 Å². The van der Waals surface area contributed by atoms with E-state index in [1.165, 1.54) is 17.5 Å². The predicted octanol–water partition coefficient (Wildman–Crippen LogP) is 2.70. The molecule has 0 aliphatic carbocycles. The molecule has 1 aromatic heterocycles. The van der Waals surface area contributed by atoms with Crippen LogP contribution < -0.4 is 10.6 Å². The molecular formula is C17H23N3O. The summed E-state index contributed by atoms with van der Waals surface area (Å²) < 4.78 is 5.80. The monoisotopic (exact) mass is 285 g/mol. The molecule has 1 fully saturated rings. The fraction of sp³-hybridized carbons (Fsp3) is 0.471. The molecule has 3 rings (SSSR count). The van der Waals surface area contributed by atoms with Gasteiger partial charge in [-0.2, -0.15) is 0 Å². The first-order chi connectivity index (χ1) is 10.3. The smallest absolute Gasteiger partial charge is 0.0750 e. The zero-order valence-corrected chi connectivity index (χ0v) is 12.6. The zero-order chi connectivity index (χ0) is 14.7. The molecule has 0 spiro atoms. The lowest BCUT2D eigenvalue weighted by atomic mass is 10.1. The van der Waals surface area contributed by atoms with Crippen molar-refractivity contribution in [1.82, 2.24) is 4.98 Å². The summed E-state index contributed by atoms with van der Waals surface area (Å²) in [6.07, 6.45) is 4.57. The second-order valence-electron chi connectivity index (χ2n) is 5.53. The number of hydrogen-bond donors (Lipinski definition) is 1. The Hall–Kier alpha value is -1.65. The van der Waals surface area contributed by atoms with Gasteiger partial charge in [0.1, 0.15) is 0 Å². The van der Waals surface area contributed by atoms with Crippen molar-refractivity contribution in [2.45, 2.75) is 32.4 Å². The maximum Gasteiger partial charge on any atom is 0.0750 e. The maximum atomic E-state index is 5.94. The summed E-state index contributed by atoms with van der Waals surface area (Å²) in [4.78, 5) is 6.91. The number of pyridine rings is 1. The summed E-state index contributed by atoms with van der Waals surface area (Å²) in [5.41, 5.74) is 9.30. The normalized spacial score (nSPS) is 18.3. The number of aromatic nitrogens is 1. The summed E-state index contributed by atoms with van der Waals surface area (Å²) in [5.74, 6) is 0. The molecule has 112 valence electrons. The molecule has 2 N–H and O–H groups in total. The second kappa shape index (κ2) is 6.41. The molecule has 4 nitrogen and oxygen atoms in total. The lowest BCUT2D eigenvalue weighted by Gasteiger charge is -2.29. The Morgan fingerprint density at radius 1 is 1.38 bits per heavy atom. The molecule has 4 heteroatoms. The van der Waals surface area contributed by atoms with Crippen molar-refractivity contribution in [2.75, 3.05) is 24.6 Å². The highest BCUT2D eigenvalue weighted by Crippen LogP contribution is 2.30. The van der Waals surface area contributed by atoms with E-state index in [1.54, 1.807) is 0 Å². The van der Waals surface area contributed by atoms with Crippen molar-refractivity contribution in [2.24, 2.45) is 5.73 Å². The van der Waals surface area contributed by atoms with Crippen LogP contribution in [0.1, 0.15) is 25.3 Å². The molecule has 1 aliphatic rings. The second-order valence-corrected chi connectivity index (χ2v) is 5.53. The van der Waals surface area contributed by atoms with Gasteiger partial charge in [-0.25, -0.2) is 0 Å². The molecule has 0 saturated carbocycles. The van der Waals surface area contributed by atoms with Crippen molar-refractivity contribution in [3.63, 3.8) is 0 Å². The molecule has 1 aliphatic heterocycles. The molecule has 0 amide bonds. The highest BCUT2D eigenvalue weighted by atomic mass is 16.5. The molecule has 2 heterocycles. The number of nitrogens with two attached hydrogens (primary N) is 1. The molecular weight excluding hydrogens is 262 g/mol. The lowest BCUT2D eigenvalue weighted by molar-refractivity contribution is 0.116. The third-order valence-corrected chi connectivity index (χ3v) is 4.19. The number of benzene rings is 1. The van der Waals surface area contributed by atoms with Gasteiger partial charge < -0.3 is 15.4 Å². The number of nitrogens with zero attached hydrogens (tertiary/aromatic N) is 2. The number of hydrogen-bond acceptors (Lipinski definition) is 4. The van der Waals surface area contributed by atoms with Gasteiger partial charge in [0, 0.05) is 43.4 Å². The summed E-state index contributed by atoms with van der Waals surface area (Å²) in [5, 5.41) is 1.18. The largest absolute Gasteiger partial charge is 0.376 e. The van der Waals surface area contributed by atoms with E-state index in [-0.39, 0.29) is 0 Å². The van der Waals surface area contributed by atoms with Gasteiger partial charge in [-0.15, -0.1) is 0 Å². The molecule has 0 bridgehead atoms. The Morgan fingerprint density at radius 3 is 2.95 bits per heavy atom. The van der Waals surface area contributed by atoms with Gasteiger partial charge in [0.25, 0.3) is 0 Å². The van der Waals surface area contributed by atoms with Gasteiger partial charge in [-0.1, -0.05) is 18.2 Å². The van der Waals surface area contributed by atoms with Crippen molar-refractivity contribution in [3.05, 3.63) is 36.0 Å². The SMILES string of the molecule is CCN(CC1CCCO1)c1c(CN)cnc2ccccc12. The van der Waals surface area contributed by atoms with Crippen LogP contribution in [0.3, 0.4) is 0 Å². The van der Waals surface area contributed by atoms with Gasteiger partial charge in [0.2, 0.25) is 0 Å². The van der Waals surface area contributed by atoms with Crippen molar-refractivity contribution >= 4 is 16.6 Å². The van der Waals surface area contributed by atoms with E-state index < -0.39 is 0 Å². The van der Waals surface area contributed by atoms with E-state index in [4.69, 9.17) is 10.5 Å². The Bertz CT molecular complexity index is 608. The molecule has 0 radical (unpaired) electrons. The Morgan fingerprint density at radius 2 is 2.24 bits per heavy atom. The average Bonchev–Trinajstić information content (AvgIpc) is 3.04. The van der Waals surface area contributed by atoms with Gasteiger partial charge in [-0.3, -0.25) is 4.98 Å². The minimum absolute atomic E-state index is 0.336. The summed E-state index contributed by atoms with van der Waals surface area (Å²) in [6.45, 7) is 5.46. The van der Waals surface area contributed by atoms with E-state index >= 15 is 0 Å². The summed E-state index contributed by atoms with van der Waals surface area (Å²) in [6, 6.07) is 8.28. The summed E-state index contributed by atoms with van der Waals surface area (Å²) in [7, 11) is 0. The standard InChI is InChI=1S/C17H23N3O/c1-2-20(12-14-6-5-9-21-14)17-13(10-18)11-19-16-8-4-3-7-15(16)17/h3-4,7-8,11,14H,2,5-6,9-10,12,18H2,1H3. The van der Waals surface area contributed by atoms with Gasteiger partial charge in [-0.05, 0) is 25.8 Å². The number of para-hydroxylation sites is 1. The van der Waals surface area contributed by atoms with Crippen LogP contribution in [0.4, 0.5) is 5.69 Å². The van der Waals surface area contributed by atoms with Crippen molar-refractivity contribution < 1.29 is 4.74 Å². The van der Waals surface area contributed by atoms with E-state index in [0.717, 1.165) is 37.2 Å². The molecule has 1 saturated heterocycles. The van der Waals surface area contributed by atoms with Gasteiger partial charge in [0.05, 0.1) is 17.3 Å². The van der Waals surface area contributed by atoms with Crippen LogP contribution in [0.15, 0.2) is 30.5 Å². The first-order valence-corrected chi connectivity index (χ1v) is 7.76. The molecule has 1 aromatic carbocycles. The number of likely N-dealkylation sites (N-methyl/N-ethyl adjacent to an activating group) is 1. The molecule has 1 unspecified atom stereocenters. The summed E-state index contributed by atoms with van der Waals surface area (Å²) >= 11 is 0. The van der Waals surface area contributed by atoms with E-state index in [9.17, 15) is 0 Å². The minimum Gasteiger partial charge on any atom is -0.376 e. The highest BCUT2D eigenvalue weighted by Gasteiger charge is 2.21. The van der Waals surface area contributed by atoms with Crippen LogP contribution in [0, 0.1) is 0 Å². The number of rotatable bonds is 5. The third-order valence-electron chi connectivity index (χ3n) is 4.19. The highest BCUT2D eigenvalue weighted by molar-refractivity contribution is 5.93. The molecule has 21 heavy (non-hydrogen) atoms. The van der Waals surface area contributed by atoms with E-state index in [0.29, 0.717) is 12.6 Å². The quantitative estimate of drug-likeness (QED) is 0.917. The maximum absolute atomic E-state index is 5.94. The van der Waals surface area contributed by atoms with Crippen molar-refractivity contribution in [1.29, 1.82) is 0 Å². The van der Waals surface area contributed by atoms with Crippen molar-refractivity contribution in [3.8, 4) is 0 Å². The third kappa shape index (κ3) is 2.87. The Kier molecular flexibility index (Phi) is 4.36. The first kappa shape index (κ1) is 14.3. The van der Waals surface area contributed by atoms with E-state index in [1.807, 2.05) is 12.3 Å². The topological polar surface area (TPSA) is 51.4 Å². The first-order valence-electron chi connectivity index (χ1n) is 7.76. The zero-order valence-electron chi connectivity index (χ0n) is 12.6. The Balaban J connectivity index is 2.02. The average molecular weight is 285 g/mol. The van der Waals surface area contributed by atoms with Crippen LogP contribution in [-0.2, 0) is 11.3 Å². The molecule has 1 atom stereocenters. The predicted molar refractivity (Wildman–Crippen MR) is 86.5 cm³/mol. The number of anilines is 1. The lowest BCUT2D eigenvalue weighted by Crippen LogP contribution is -2.33. The number of fused-ring (bicyclic) bond motifs is 1. The Labute approximate surface area is 125 Å². The van der Waals surface area contributed by atoms with Crippen LogP contribution >= 0.6 is 0 Å². The number of ether oxygens (including phenoxy) is 1. The molecule has 2 aromatic rings. The fourth-order valence-electron chi connectivity index (χ4n) is 3.10.